The van der Waals surface area contributed by atoms with Crippen molar-refractivity contribution in [3.05, 3.63) is 95.2 Å². The molecule has 5 rings (SSSR count). The monoisotopic (exact) mass is 427 g/mol. The third kappa shape index (κ3) is 3.71. The maximum absolute atomic E-state index is 12.5. The van der Waals surface area contributed by atoms with Crippen LogP contribution in [-0.2, 0) is 29.0 Å². The number of carboxylic acids is 1. The number of alkyl carbamates (subject to hydrolysis) is 1. The Labute approximate surface area is 186 Å². The lowest BCUT2D eigenvalue weighted by Gasteiger charge is -2.15. The van der Waals surface area contributed by atoms with Crippen LogP contribution in [0.15, 0.2) is 72.9 Å². The minimum atomic E-state index is -1.04. The molecule has 1 heterocycles. The van der Waals surface area contributed by atoms with Crippen LogP contribution in [0.25, 0.3) is 23.5 Å². The molecule has 1 aliphatic rings. The predicted molar refractivity (Wildman–Crippen MR) is 121 cm³/mol. The fraction of sp³-hybridized carbons (Fsp3) is 0.154. The minimum Gasteiger partial charge on any atom is -0.480 e. The number of hydrogen-bond donors (Lipinski definition) is 3. The van der Waals surface area contributed by atoms with E-state index in [9.17, 15) is 9.59 Å². The smallest absolute Gasteiger partial charge is 0.408 e. The summed E-state index contributed by atoms with van der Waals surface area (Å²) in [6.45, 7) is 0.0821. The van der Waals surface area contributed by atoms with Gasteiger partial charge in [-0.3, -0.25) is 0 Å². The van der Waals surface area contributed by atoms with Gasteiger partial charge in [0.2, 0.25) is 0 Å². The second-order valence-electron chi connectivity index (χ2n) is 7.93. The molecular formula is C26H22N2O4. The number of carbonyl (C=O) groups excluding carboxylic acids is 1. The van der Waals surface area contributed by atoms with E-state index in [1.54, 1.807) is 6.20 Å². The summed E-state index contributed by atoms with van der Waals surface area (Å²) in [4.78, 5) is 27.9. The number of benzene rings is 3. The average Bonchev–Trinajstić information content (AvgIpc) is 3.43. The molecule has 0 radical (unpaired) electrons. The Hall–Kier alpha value is -4.06. The molecule has 6 nitrogen and oxygen atoms in total. The van der Waals surface area contributed by atoms with Crippen molar-refractivity contribution >= 4 is 23.0 Å². The molecule has 0 saturated heterocycles. The van der Waals surface area contributed by atoms with E-state index in [0.29, 0.717) is 0 Å². The number of carbonyl (C=O) groups is 2. The number of aliphatic carboxylic acids is 1. The number of amides is 1. The first kappa shape index (κ1) is 18.7. The zero-order valence-electron chi connectivity index (χ0n) is 18.3. The Kier molecular flexibility index (Phi) is 4.80. The Balaban J connectivity index is 1.27. The van der Waals surface area contributed by atoms with Crippen LogP contribution >= 0.6 is 0 Å². The van der Waals surface area contributed by atoms with Gasteiger partial charge in [0.25, 0.3) is 1.43 Å². The van der Waals surface area contributed by atoms with E-state index in [-0.39, 0.29) is 13.0 Å². The highest BCUT2D eigenvalue weighted by atomic mass is 16.5. The molecule has 0 saturated carbocycles. The van der Waals surface area contributed by atoms with Crippen LogP contribution in [0.5, 0.6) is 0 Å². The summed E-state index contributed by atoms with van der Waals surface area (Å²) in [5.41, 5.74) is 7.44. The minimum absolute atomic E-state index is 0.0821. The summed E-state index contributed by atoms with van der Waals surface area (Å²) >= 11 is 0. The fourth-order valence-electron chi connectivity index (χ4n) is 4.40. The van der Waals surface area contributed by atoms with Gasteiger partial charge in [0.05, 0.1) is 0 Å². The molecular weight excluding hydrogens is 404 g/mol. The summed E-state index contributed by atoms with van der Waals surface area (Å²) in [5, 5.41) is 7.66. The van der Waals surface area contributed by atoms with Crippen molar-refractivity contribution in [2.45, 2.75) is 25.5 Å². The summed E-state index contributed by atoms with van der Waals surface area (Å²) in [7, 11) is 0. The fourth-order valence-corrected chi connectivity index (χ4v) is 4.40. The first-order valence-corrected chi connectivity index (χ1v) is 10.5. The highest BCUT2D eigenvalue weighted by Crippen LogP contribution is 2.38. The summed E-state index contributed by atoms with van der Waals surface area (Å²) < 4.78 is 12.5. The van der Waals surface area contributed by atoms with Gasteiger partial charge < -0.3 is 20.1 Å². The molecule has 0 aliphatic heterocycles. The van der Waals surface area contributed by atoms with Crippen molar-refractivity contribution in [1.82, 2.24) is 10.3 Å². The Morgan fingerprint density at radius 2 is 1.84 bits per heavy atom. The van der Waals surface area contributed by atoms with E-state index in [1.165, 1.54) is 11.1 Å². The number of fused-ring (bicyclic) bond motifs is 4. The Bertz CT molecular complexity index is 1350. The van der Waals surface area contributed by atoms with Gasteiger partial charge in [0.1, 0.15) is 12.6 Å². The van der Waals surface area contributed by atoms with E-state index in [4.69, 9.17) is 6.17 Å². The van der Waals surface area contributed by atoms with Crippen LogP contribution in [0.3, 0.4) is 0 Å². The van der Waals surface area contributed by atoms with E-state index in [0.717, 1.165) is 39.6 Å². The van der Waals surface area contributed by atoms with Crippen LogP contribution in [0.4, 0.5) is 4.79 Å². The van der Waals surface area contributed by atoms with E-state index in [1.807, 2.05) is 48.5 Å². The van der Waals surface area contributed by atoms with Crippen LogP contribution in [0.2, 0.25) is 0 Å². The number of aromatic amines is 1. The number of para-hydroxylation sites is 1. The van der Waals surface area contributed by atoms with E-state index < -0.39 is 18.1 Å². The van der Waals surface area contributed by atoms with Crippen molar-refractivity contribution < 1.29 is 19.4 Å². The number of nitrogens with one attached hydrogen (secondary N) is 2. The molecule has 4 aromatic rings. The molecule has 0 spiro atoms. The topological polar surface area (TPSA) is 91.4 Å². The van der Waals surface area contributed by atoms with Crippen molar-refractivity contribution in [3.8, 4) is 11.1 Å². The Morgan fingerprint density at radius 3 is 2.75 bits per heavy atom. The standard InChI is InChI=1S/C26H22N2O4/c29-25(30)24(13-18-14-27-23-11-4-3-9-20(18)23)28-26(31)32-15-17-7-5-10-21-19-8-2-1-6-16(19)12-22(17)21/h1-11,14,24,27H,12-13,15H2,(H,28,31)(H,29,30)/t24-/m0/s1/i/hD. The highest BCUT2D eigenvalue weighted by Gasteiger charge is 2.24. The molecule has 6 heteroatoms. The van der Waals surface area contributed by atoms with Gasteiger partial charge in [-0.1, -0.05) is 60.7 Å². The van der Waals surface area contributed by atoms with Gasteiger partial charge in [-0.05, 0) is 45.9 Å². The lowest BCUT2D eigenvalue weighted by atomic mass is 10.0. The van der Waals surface area contributed by atoms with Gasteiger partial charge in [-0.2, -0.15) is 0 Å². The second-order valence-corrected chi connectivity index (χ2v) is 7.93. The maximum Gasteiger partial charge on any atom is 0.408 e. The third-order valence-corrected chi connectivity index (χ3v) is 5.98. The van der Waals surface area contributed by atoms with Crippen molar-refractivity contribution in [2.24, 2.45) is 0 Å². The summed E-state index contributed by atoms with van der Waals surface area (Å²) in [6, 6.07) is 20.8. The molecule has 3 N–H and O–H groups in total. The zero-order chi connectivity index (χ0) is 22.8. The number of ether oxygens (including phenoxy) is 1. The lowest BCUT2D eigenvalue weighted by Crippen LogP contribution is -2.42. The predicted octanol–water partition coefficient (Wildman–Crippen LogP) is 4.66. The van der Waals surface area contributed by atoms with Gasteiger partial charge in [0, 0.05) is 23.5 Å². The first-order chi connectivity index (χ1) is 16.1. The molecule has 3 aromatic carbocycles. The Morgan fingerprint density at radius 1 is 1.03 bits per heavy atom. The van der Waals surface area contributed by atoms with Gasteiger partial charge in [-0.25, -0.2) is 9.59 Å². The van der Waals surface area contributed by atoms with E-state index >= 15 is 0 Å². The molecule has 0 unspecified atom stereocenters. The van der Waals surface area contributed by atoms with Crippen LogP contribution < -0.4 is 5.32 Å². The first-order valence-electron chi connectivity index (χ1n) is 10.9. The van der Waals surface area contributed by atoms with Crippen LogP contribution in [0.1, 0.15) is 22.3 Å². The van der Waals surface area contributed by atoms with Gasteiger partial charge in [0.15, 0.2) is 0 Å². The normalized spacial score (nSPS) is 13.1. The van der Waals surface area contributed by atoms with E-state index in [2.05, 4.69) is 33.6 Å². The number of aromatic nitrogens is 1. The quantitative estimate of drug-likeness (QED) is 0.368. The van der Waals surface area contributed by atoms with Crippen molar-refractivity contribution in [2.75, 3.05) is 0 Å². The molecule has 0 bridgehead atoms. The number of H-pyrrole nitrogens is 1. The van der Waals surface area contributed by atoms with Crippen LogP contribution in [-0.4, -0.2) is 28.2 Å². The number of hydrogen-bond acceptors (Lipinski definition) is 4. The lowest BCUT2D eigenvalue weighted by molar-refractivity contribution is -0.139. The summed E-state index contributed by atoms with van der Waals surface area (Å²) in [5.74, 6) is -0.853. The molecule has 32 heavy (non-hydrogen) atoms. The SMILES string of the molecule is [2H]OC(=O)[C@H](Cc1c[nH]c2ccccc12)NC(=O)OCc1cccc2c1Cc1ccccc1-2. The second kappa shape index (κ2) is 8.23. The highest BCUT2D eigenvalue weighted by molar-refractivity contribution is 5.85. The summed E-state index contributed by atoms with van der Waals surface area (Å²) in [6.07, 6.45) is 2.01. The number of rotatable bonds is 6. The zero-order valence-corrected chi connectivity index (χ0v) is 17.3. The molecule has 1 aromatic heterocycles. The molecule has 1 atom stereocenters. The van der Waals surface area contributed by atoms with Crippen molar-refractivity contribution in [3.63, 3.8) is 0 Å². The number of carboxylic acid groups (broad SMARTS) is 1. The van der Waals surface area contributed by atoms with Crippen molar-refractivity contribution in [1.29, 1.82) is 1.43 Å². The van der Waals surface area contributed by atoms with Crippen LogP contribution in [0, 0.1) is 0 Å². The molecule has 0 fully saturated rings. The largest absolute Gasteiger partial charge is 0.480 e. The van der Waals surface area contributed by atoms with Gasteiger partial charge in [-0.15, -0.1) is 0 Å². The molecule has 1 aliphatic carbocycles. The maximum atomic E-state index is 12.5. The molecule has 160 valence electrons. The average molecular weight is 427 g/mol. The molecule has 1 amide bonds. The third-order valence-electron chi connectivity index (χ3n) is 5.98. The van der Waals surface area contributed by atoms with Gasteiger partial charge >= 0.3 is 12.1 Å².